The van der Waals surface area contributed by atoms with E-state index < -0.39 is 5.97 Å². The van der Waals surface area contributed by atoms with Crippen LogP contribution in [-0.4, -0.2) is 23.0 Å². The van der Waals surface area contributed by atoms with Crippen molar-refractivity contribution in [1.82, 2.24) is 5.32 Å². The molecule has 2 N–H and O–H groups in total. The fourth-order valence-electron chi connectivity index (χ4n) is 5.18. The number of carboxylic acids is 1. The zero-order chi connectivity index (χ0) is 14.3. The summed E-state index contributed by atoms with van der Waals surface area (Å²) in [6.45, 7) is 1.92. The highest BCUT2D eigenvalue weighted by Gasteiger charge is 2.54. The largest absolute Gasteiger partial charge is 0.481 e. The van der Waals surface area contributed by atoms with Gasteiger partial charge >= 0.3 is 5.97 Å². The highest BCUT2D eigenvalue weighted by Crippen LogP contribution is 2.60. The molecule has 0 aromatic carbocycles. The minimum absolute atomic E-state index is 0.0356. The van der Waals surface area contributed by atoms with E-state index in [-0.39, 0.29) is 23.8 Å². The smallest absolute Gasteiger partial charge is 0.303 e. The number of amides is 1. The Morgan fingerprint density at radius 1 is 1.15 bits per heavy atom. The van der Waals surface area contributed by atoms with Crippen LogP contribution in [0.4, 0.5) is 0 Å². The van der Waals surface area contributed by atoms with Crippen LogP contribution < -0.4 is 5.32 Å². The maximum Gasteiger partial charge on any atom is 0.303 e. The van der Waals surface area contributed by atoms with E-state index in [1.54, 1.807) is 0 Å². The molecule has 20 heavy (non-hydrogen) atoms. The van der Waals surface area contributed by atoms with Crippen molar-refractivity contribution < 1.29 is 14.7 Å². The lowest BCUT2D eigenvalue weighted by atomic mass is 9.49. The molecule has 1 unspecified atom stereocenters. The molecule has 0 spiro atoms. The first kappa shape index (κ1) is 13.9. The SMILES string of the molecule is CC(CCC(=O)O)NC(=O)C12CC3CC(CC(C3)C1)C2. The molecule has 0 aromatic heterocycles. The molecule has 0 aromatic rings. The van der Waals surface area contributed by atoms with E-state index in [1.165, 1.54) is 19.3 Å². The molecule has 4 fully saturated rings. The number of rotatable bonds is 5. The standard InChI is InChI=1S/C16H25NO3/c1-10(2-3-14(18)19)17-15(20)16-7-11-4-12(8-16)6-13(5-11)9-16/h10-13H,2-9H2,1H3,(H,17,20)(H,18,19). The second-order valence-electron chi connectivity index (χ2n) is 7.50. The average molecular weight is 279 g/mol. The van der Waals surface area contributed by atoms with E-state index in [0.29, 0.717) is 6.42 Å². The van der Waals surface area contributed by atoms with Gasteiger partial charge in [-0.15, -0.1) is 0 Å². The zero-order valence-corrected chi connectivity index (χ0v) is 12.2. The van der Waals surface area contributed by atoms with Crippen molar-refractivity contribution in [2.24, 2.45) is 23.2 Å². The number of hydrogen-bond acceptors (Lipinski definition) is 2. The predicted molar refractivity (Wildman–Crippen MR) is 75.1 cm³/mol. The molecule has 0 saturated heterocycles. The van der Waals surface area contributed by atoms with E-state index in [1.807, 2.05) is 6.92 Å². The van der Waals surface area contributed by atoms with Gasteiger partial charge in [-0.25, -0.2) is 0 Å². The fourth-order valence-corrected chi connectivity index (χ4v) is 5.18. The second kappa shape index (κ2) is 5.05. The molecule has 0 aliphatic heterocycles. The summed E-state index contributed by atoms with van der Waals surface area (Å²) >= 11 is 0. The Kier molecular flexibility index (Phi) is 3.51. The minimum Gasteiger partial charge on any atom is -0.481 e. The second-order valence-corrected chi connectivity index (χ2v) is 7.50. The average Bonchev–Trinajstić information content (AvgIpc) is 2.34. The molecular formula is C16H25NO3. The third kappa shape index (κ3) is 2.57. The summed E-state index contributed by atoms with van der Waals surface area (Å²) in [4.78, 5) is 23.3. The Hall–Kier alpha value is -1.06. The molecule has 0 radical (unpaired) electrons. The first-order chi connectivity index (χ1) is 9.47. The topological polar surface area (TPSA) is 66.4 Å². The van der Waals surface area contributed by atoms with Gasteiger partial charge < -0.3 is 10.4 Å². The van der Waals surface area contributed by atoms with Gasteiger partial charge in [-0.2, -0.15) is 0 Å². The summed E-state index contributed by atoms with van der Waals surface area (Å²) in [7, 11) is 0. The molecule has 112 valence electrons. The summed E-state index contributed by atoms with van der Waals surface area (Å²) in [5, 5.41) is 11.8. The van der Waals surface area contributed by atoms with Crippen molar-refractivity contribution in [3.05, 3.63) is 0 Å². The molecule has 4 saturated carbocycles. The van der Waals surface area contributed by atoms with Gasteiger partial charge in [-0.3, -0.25) is 9.59 Å². The minimum atomic E-state index is -0.791. The van der Waals surface area contributed by atoms with Crippen molar-refractivity contribution in [3.63, 3.8) is 0 Å². The molecule has 4 bridgehead atoms. The van der Waals surface area contributed by atoms with Gasteiger partial charge in [0.15, 0.2) is 0 Å². The molecular weight excluding hydrogens is 254 g/mol. The van der Waals surface area contributed by atoms with Gasteiger partial charge in [0.05, 0.1) is 0 Å². The van der Waals surface area contributed by atoms with Crippen molar-refractivity contribution >= 4 is 11.9 Å². The van der Waals surface area contributed by atoms with Crippen molar-refractivity contribution in [3.8, 4) is 0 Å². The van der Waals surface area contributed by atoms with Gasteiger partial charge in [-0.05, 0) is 69.6 Å². The van der Waals surface area contributed by atoms with E-state index >= 15 is 0 Å². The third-order valence-electron chi connectivity index (χ3n) is 5.69. The van der Waals surface area contributed by atoms with Crippen LogP contribution in [0.15, 0.2) is 0 Å². The number of carbonyl (C=O) groups excluding carboxylic acids is 1. The molecule has 4 nitrogen and oxygen atoms in total. The highest BCUT2D eigenvalue weighted by molar-refractivity contribution is 5.83. The lowest BCUT2D eigenvalue weighted by molar-refractivity contribution is -0.147. The quantitative estimate of drug-likeness (QED) is 0.813. The van der Waals surface area contributed by atoms with Crippen LogP contribution in [0, 0.1) is 23.2 Å². The number of hydrogen-bond donors (Lipinski definition) is 2. The van der Waals surface area contributed by atoms with Crippen LogP contribution in [-0.2, 0) is 9.59 Å². The molecule has 1 amide bonds. The predicted octanol–water partition coefficient (Wildman–Crippen LogP) is 2.57. The Balaban J connectivity index is 1.61. The molecule has 4 heteroatoms. The lowest BCUT2D eigenvalue weighted by Gasteiger charge is -2.55. The van der Waals surface area contributed by atoms with E-state index in [2.05, 4.69) is 5.32 Å². The van der Waals surface area contributed by atoms with Gasteiger partial charge in [0.1, 0.15) is 0 Å². The normalized spacial score (nSPS) is 39.5. The Labute approximate surface area is 120 Å². The van der Waals surface area contributed by atoms with Crippen LogP contribution in [0.25, 0.3) is 0 Å². The fraction of sp³-hybridized carbons (Fsp3) is 0.875. The first-order valence-corrected chi connectivity index (χ1v) is 7.99. The van der Waals surface area contributed by atoms with Crippen molar-refractivity contribution in [2.75, 3.05) is 0 Å². The van der Waals surface area contributed by atoms with Crippen LogP contribution in [0.2, 0.25) is 0 Å². The summed E-state index contributed by atoms with van der Waals surface area (Å²) in [6, 6.07) is -0.0356. The van der Waals surface area contributed by atoms with E-state index in [0.717, 1.165) is 37.0 Å². The maximum absolute atomic E-state index is 12.7. The summed E-state index contributed by atoms with van der Waals surface area (Å²) in [5.41, 5.74) is -0.119. The van der Waals surface area contributed by atoms with Crippen LogP contribution in [0.3, 0.4) is 0 Å². The van der Waals surface area contributed by atoms with Gasteiger partial charge in [0.2, 0.25) is 5.91 Å². The Morgan fingerprint density at radius 3 is 2.10 bits per heavy atom. The number of carbonyl (C=O) groups is 2. The van der Waals surface area contributed by atoms with Crippen LogP contribution in [0.5, 0.6) is 0 Å². The Bertz CT molecular complexity index is 383. The van der Waals surface area contributed by atoms with Crippen LogP contribution >= 0.6 is 0 Å². The van der Waals surface area contributed by atoms with Gasteiger partial charge in [0, 0.05) is 17.9 Å². The van der Waals surface area contributed by atoms with Crippen LogP contribution in [0.1, 0.15) is 58.3 Å². The summed E-state index contributed by atoms with van der Waals surface area (Å²) in [5.74, 6) is 1.71. The summed E-state index contributed by atoms with van der Waals surface area (Å²) < 4.78 is 0. The first-order valence-electron chi connectivity index (χ1n) is 7.99. The number of nitrogens with one attached hydrogen (secondary N) is 1. The summed E-state index contributed by atoms with van der Waals surface area (Å²) in [6.07, 6.45) is 7.85. The van der Waals surface area contributed by atoms with Crippen molar-refractivity contribution in [2.45, 2.75) is 64.3 Å². The van der Waals surface area contributed by atoms with E-state index in [9.17, 15) is 9.59 Å². The van der Waals surface area contributed by atoms with Gasteiger partial charge in [-0.1, -0.05) is 0 Å². The zero-order valence-electron chi connectivity index (χ0n) is 12.2. The van der Waals surface area contributed by atoms with E-state index in [4.69, 9.17) is 5.11 Å². The molecule has 1 atom stereocenters. The molecule has 0 heterocycles. The molecule has 4 rings (SSSR count). The molecule has 4 aliphatic rings. The third-order valence-corrected chi connectivity index (χ3v) is 5.69. The van der Waals surface area contributed by atoms with Gasteiger partial charge in [0.25, 0.3) is 0 Å². The molecule has 4 aliphatic carbocycles. The maximum atomic E-state index is 12.7. The van der Waals surface area contributed by atoms with Crippen molar-refractivity contribution in [1.29, 1.82) is 0 Å². The Morgan fingerprint density at radius 2 is 1.65 bits per heavy atom. The number of aliphatic carboxylic acids is 1. The lowest BCUT2D eigenvalue weighted by Crippen LogP contribution is -2.54. The number of carboxylic acid groups (broad SMARTS) is 1. The highest BCUT2D eigenvalue weighted by atomic mass is 16.4. The monoisotopic (exact) mass is 279 g/mol.